The smallest absolute Gasteiger partial charge is 0.232 e. The topological polar surface area (TPSA) is 61.9 Å². The molecule has 0 aliphatic heterocycles. The molecule has 1 N–H and O–H groups in total. The Balaban J connectivity index is 1.50. The van der Waals surface area contributed by atoms with Crippen LogP contribution in [0.2, 0.25) is 0 Å². The van der Waals surface area contributed by atoms with Gasteiger partial charge in [0.05, 0.1) is 6.42 Å². The Morgan fingerprint density at radius 1 is 0.926 bits per heavy atom. The first-order valence-corrected chi connectivity index (χ1v) is 8.98. The number of hydrogen-bond acceptors (Lipinski definition) is 4. The number of nitrogens with zero attached hydrogens (tertiary/aromatic N) is 2. The van der Waals surface area contributed by atoms with Crippen molar-refractivity contribution in [3.8, 4) is 6.07 Å². The molecule has 0 amide bonds. The van der Waals surface area contributed by atoms with Crippen molar-refractivity contribution in [2.24, 2.45) is 0 Å². The lowest BCUT2D eigenvalue weighted by Gasteiger charge is -2.04. The zero-order valence-corrected chi connectivity index (χ0v) is 14.9. The molecule has 0 saturated heterocycles. The normalized spacial score (nSPS) is 10.6. The second kappa shape index (κ2) is 7.76. The van der Waals surface area contributed by atoms with E-state index in [-0.39, 0.29) is 0 Å². The summed E-state index contributed by atoms with van der Waals surface area (Å²) < 4.78 is 5.85. The third-order valence-corrected chi connectivity index (χ3v) is 4.54. The molecule has 4 rings (SSSR count). The third kappa shape index (κ3) is 3.83. The van der Waals surface area contributed by atoms with Crippen molar-refractivity contribution >= 4 is 16.7 Å². The number of oxazole rings is 1. The first-order valence-electron chi connectivity index (χ1n) is 8.98. The highest BCUT2D eigenvalue weighted by molar-refractivity contribution is 5.85. The highest BCUT2D eigenvalue weighted by Crippen LogP contribution is 2.24. The Morgan fingerprint density at radius 2 is 1.70 bits per heavy atom. The maximum atomic E-state index is 9.37. The highest BCUT2D eigenvalue weighted by Gasteiger charge is 2.14. The molecule has 0 aliphatic carbocycles. The molecule has 1 aromatic heterocycles. The minimum atomic E-state index is 0.304. The van der Waals surface area contributed by atoms with Gasteiger partial charge >= 0.3 is 0 Å². The third-order valence-electron chi connectivity index (χ3n) is 4.54. The van der Waals surface area contributed by atoms with E-state index in [9.17, 15) is 5.26 Å². The van der Waals surface area contributed by atoms with Gasteiger partial charge in [0.15, 0.2) is 0 Å². The molecule has 0 spiro atoms. The number of nitrogens with one attached hydrogen (secondary N) is 1. The molecule has 4 aromatic rings. The molecule has 27 heavy (non-hydrogen) atoms. The van der Waals surface area contributed by atoms with E-state index in [1.807, 2.05) is 36.4 Å². The molecule has 4 nitrogen and oxygen atoms in total. The maximum absolute atomic E-state index is 9.37. The molecule has 0 radical (unpaired) electrons. The van der Waals surface area contributed by atoms with Gasteiger partial charge in [0.2, 0.25) is 17.5 Å². The summed E-state index contributed by atoms with van der Waals surface area (Å²) in [6.07, 6.45) is 1.40. The molecular formula is C23H19N3O. The molecule has 0 fully saturated rings. The average molecular weight is 353 g/mol. The summed E-state index contributed by atoms with van der Waals surface area (Å²) in [7, 11) is 0. The van der Waals surface area contributed by atoms with Gasteiger partial charge in [-0.25, -0.2) is 4.98 Å². The number of nitriles is 1. The van der Waals surface area contributed by atoms with Gasteiger partial charge in [0.25, 0.3) is 0 Å². The number of anilines is 1. The Kier molecular flexibility index (Phi) is 4.84. The van der Waals surface area contributed by atoms with Gasteiger partial charge in [-0.2, -0.15) is 5.26 Å². The molecule has 0 unspecified atom stereocenters. The Morgan fingerprint density at radius 3 is 2.56 bits per heavy atom. The van der Waals surface area contributed by atoms with E-state index >= 15 is 0 Å². The van der Waals surface area contributed by atoms with E-state index in [4.69, 9.17) is 4.42 Å². The minimum Gasteiger partial charge on any atom is -0.423 e. The first kappa shape index (κ1) is 16.9. The Hall–Kier alpha value is -3.58. The summed E-state index contributed by atoms with van der Waals surface area (Å²) in [6, 6.07) is 26.8. The molecule has 0 aliphatic rings. The van der Waals surface area contributed by atoms with Gasteiger partial charge in [-0.3, -0.25) is 0 Å². The highest BCUT2D eigenvalue weighted by atomic mass is 16.4. The van der Waals surface area contributed by atoms with Crippen LogP contribution < -0.4 is 5.32 Å². The van der Waals surface area contributed by atoms with E-state index in [0.717, 1.165) is 12.0 Å². The van der Waals surface area contributed by atoms with Gasteiger partial charge in [-0.1, -0.05) is 72.8 Å². The van der Waals surface area contributed by atoms with Crippen LogP contribution >= 0.6 is 0 Å². The molecule has 1 heterocycles. The van der Waals surface area contributed by atoms with Crippen molar-refractivity contribution in [3.63, 3.8) is 0 Å². The standard InChI is InChI=1S/C23H19N3O/c24-16-21-23(25-14-13-17-7-2-1-3-8-17)27-22(26-21)15-19-11-6-10-18-9-4-5-12-20(18)19/h1-12,25H,13-15H2. The van der Waals surface area contributed by atoms with Crippen molar-refractivity contribution in [2.75, 3.05) is 11.9 Å². The van der Waals surface area contributed by atoms with E-state index in [2.05, 4.69) is 52.8 Å². The van der Waals surface area contributed by atoms with Crippen LogP contribution in [0.3, 0.4) is 0 Å². The van der Waals surface area contributed by atoms with Gasteiger partial charge in [-0.05, 0) is 28.3 Å². The van der Waals surface area contributed by atoms with Gasteiger partial charge < -0.3 is 9.73 Å². The number of hydrogen-bond donors (Lipinski definition) is 1. The number of fused-ring (bicyclic) bond motifs is 1. The van der Waals surface area contributed by atoms with Crippen LogP contribution in [-0.4, -0.2) is 11.5 Å². The van der Waals surface area contributed by atoms with Gasteiger partial charge in [0.1, 0.15) is 6.07 Å². The van der Waals surface area contributed by atoms with Crippen LogP contribution in [0.5, 0.6) is 0 Å². The molecule has 0 atom stereocenters. The summed E-state index contributed by atoms with van der Waals surface area (Å²) in [5.41, 5.74) is 2.67. The van der Waals surface area contributed by atoms with Crippen molar-refractivity contribution in [1.29, 1.82) is 5.26 Å². The van der Waals surface area contributed by atoms with E-state index in [0.29, 0.717) is 30.4 Å². The van der Waals surface area contributed by atoms with E-state index in [1.54, 1.807) is 0 Å². The minimum absolute atomic E-state index is 0.304. The van der Waals surface area contributed by atoms with Crippen molar-refractivity contribution in [1.82, 2.24) is 4.98 Å². The number of rotatable bonds is 6. The first-order chi connectivity index (χ1) is 13.3. The predicted molar refractivity (Wildman–Crippen MR) is 107 cm³/mol. The summed E-state index contributed by atoms with van der Waals surface area (Å²) in [5.74, 6) is 0.994. The predicted octanol–water partition coefficient (Wildman–Crippen LogP) is 4.94. The molecular weight excluding hydrogens is 334 g/mol. The quantitative estimate of drug-likeness (QED) is 0.533. The van der Waals surface area contributed by atoms with Crippen molar-refractivity contribution in [2.45, 2.75) is 12.8 Å². The van der Waals surface area contributed by atoms with Crippen molar-refractivity contribution in [3.05, 3.63) is 95.5 Å². The maximum Gasteiger partial charge on any atom is 0.232 e. The zero-order valence-electron chi connectivity index (χ0n) is 14.9. The Labute approximate surface area is 158 Å². The fourth-order valence-corrected chi connectivity index (χ4v) is 3.21. The zero-order chi connectivity index (χ0) is 18.5. The summed E-state index contributed by atoms with van der Waals surface area (Å²) in [6.45, 7) is 0.682. The lowest BCUT2D eigenvalue weighted by molar-refractivity contribution is 0.518. The summed E-state index contributed by atoms with van der Waals surface area (Å²) in [4.78, 5) is 4.37. The fraction of sp³-hybridized carbons (Fsp3) is 0.130. The lowest BCUT2D eigenvalue weighted by Crippen LogP contribution is -2.05. The molecule has 0 bridgehead atoms. The van der Waals surface area contributed by atoms with Gasteiger partial charge in [-0.15, -0.1) is 0 Å². The van der Waals surface area contributed by atoms with Crippen LogP contribution in [0.4, 0.5) is 5.88 Å². The Bertz CT molecular complexity index is 1090. The monoisotopic (exact) mass is 353 g/mol. The lowest BCUT2D eigenvalue weighted by atomic mass is 10.0. The van der Waals surface area contributed by atoms with E-state index in [1.165, 1.54) is 16.3 Å². The molecule has 0 saturated carbocycles. The molecule has 4 heteroatoms. The van der Waals surface area contributed by atoms with Crippen LogP contribution in [0.15, 0.2) is 77.2 Å². The largest absolute Gasteiger partial charge is 0.423 e. The second-order valence-electron chi connectivity index (χ2n) is 6.37. The number of benzene rings is 3. The van der Waals surface area contributed by atoms with Crippen LogP contribution in [0.25, 0.3) is 10.8 Å². The van der Waals surface area contributed by atoms with Gasteiger partial charge in [0, 0.05) is 6.54 Å². The second-order valence-corrected chi connectivity index (χ2v) is 6.37. The van der Waals surface area contributed by atoms with Crippen LogP contribution in [0, 0.1) is 11.3 Å². The molecule has 132 valence electrons. The van der Waals surface area contributed by atoms with E-state index < -0.39 is 0 Å². The number of aromatic nitrogens is 1. The fourth-order valence-electron chi connectivity index (χ4n) is 3.21. The summed E-state index contributed by atoms with van der Waals surface area (Å²) in [5, 5.41) is 14.9. The summed E-state index contributed by atoms with van der Waals surface area (Å²) >= 11 is 0. The SMILES string of the molecule is N#Cc1nc(Cc2cccc3ccccc23)oc1NCCc1ccccc1. The molecule has 3 aromatic carbocycles. The van der Waals surface area contributed by atoms with Crippen LogP contribution in [-0.2, 0) is 12.8 Å². The van der Waals surface area contributed by atoms with Crippen LogP contribution in [0.1, 0.15) is 22.7 Å². The average Bonchev–Trinajstić information content (AvgIpc) is 3.11. The van der Waals surface area contributed by atoms with Crippen molar-refractivity contribution < 1.29 is 4.42 Å².